The summed E-state index contributed by atoms with van der Waals surface area (Å²) in [7, 11) is 0. The number of aliphatic hydroxyl groups excluding tert-OH is 1. The highest BCUT2D eigenvalue weighted by Gasteiger charge is 2.22. The zero-order valence-electron chi connectivity index (χ0n) is 11.3. The van der Waals surface area contributed by atoms with Gasteiger partial charge in [-0.05, 0) is 18.6 Å². The van der Waals surface area contributed by atoms with Gasteiger partial charge in [0.2, 0.25) is 0 Å². The number of aromatic nitrogens is 2. The van der Waals surface area contributed by atoms with Crippen LogP contribution in [0.1, 0.15) is 16.9 Å². The molecule has 0 saturated carbocycles. The molecule has 1 amide bonds. The molecule has 0 saturated heterocycles. The number of nitrogens with one attached hydrogen (secondary N) is 1. The molecule has 2 aromatic rings. The Labute approximate surface area is 121 Å². The van der Waals surface area contributed by atoms with Crippen molar-refractivity contribution in [1.29, 1.82) is 0 Å². The number of hydrogen-bond acceptors (Lipinski definition) is 5. The second kappa shape index (κ2) is 5.88. The summed E-state index contributed by atoms with van der Waals surface area (Å²) >= 11 is 0. The number of hydrogen-bond donors (Lipinski definition) is 2. The van der Waals surface area contributed by atoms with E-state index in [-0.39, 0.29) is 30.2 Å². The first-order valence-corrected chi connectivity index (χ1v) is 6.73. The first kappa shape index (κ1) is 13.5. The van der Waals surface area contributed by atoms with E-state index in [9.17, 15) is 4.79 Å². The first-order valence-electron chi connectivity index (χ1n) is 6.73. The predicted molar refractivity (Wildman–Crippen MR) is 75.3 cm³/mol. The van der Waals surface area contributed by atoms with Crippen LogP contribution in [0.15, 0.2) is 47.3 Å². The van der Waals surface area contributed by atoms with E-state index in [1.165, 1.54) is 0 Å². The standard InChI is InChI=1S/C15H15N3O3/c19-9-10-3-4-12(6-10)17-15(20)13-7-14(21-18-13)11-2-1-5-16-8-11/h1-5,7-8,10,12,19H,6,9H2,(H,17,20)/t10-,12+/m0/s1. The van der Waals surface area contributed by atoms with Crippen LogP contribution in [-0.2, 0) is 0 Å². The Morgan fingerprint density at radius 3 is 3.10 bits per heavy atom. The molecule has 2 N–H and O–H groups in total. The summed E-state index contributed by atoms with van der Waals surface area (Å²) in [6.45, 7) is 0.0952. The second-order valence-electron chi connectivity index (χ2n) is 4.96. The predicted octanol–water partition coefficient (Wildman–Crippen LogP) is 1.40. The smallest absolute Gasteiger partial charge is 0.273 e. The summed E-state index contributed by atoms with van der Waals surface area (Å²) < 4.78 is 5.17. The lowest BCUT2D eigenvalue weighted by atomic mass is 10.1. The molecule has 108 valence electrons. The molecule has 0 bridgehead atoms. The second-order valence-corrected chi connectivity index (χ2v) is 4.96. The zero-order valence-corrected chi connectivity index (χ0v) is 11.3. The van der Waals surface area contributed by atoms with Gasteiger partial charge < -0.3 is 14.9 Å². The van der Waals surface area contributed by atoms with Gasteiger partial charge in [-0.25, -0.2) is 0 Å². The molecule has 0 spiro atoms. The number of carbonyl (C=O) groups excluding carboxylic acids is 1. The molecule has 2 atom stereocenters. The Bertz CT molecular complexity index is 651. The molecule has 0 aliphatic heterocycles. The van der Waals surface area contributed by atoms with Crippen molar-refractivity contribution in [3.05, 3.63) is 48.4 Å². The van der Waals surface area contributed by atoms with E-state index in [2.05, 4.69) is 15.5 Å². The molecule has 0 fully saturated rings. The molecule has 1 aliphatic rings. The molecule has 21 heavy (non-hydrogen) atoms. The molecule has 6 nitrogen and oxygen atoms in total. The normalized spacial score (nSPS) is 20.6. The number of aliphatic hydroxyl groups is 1. The highest BCUT2D eigenvalue weighted by Crippen LogP contribution is 2.20. The van der Waals surface area contributed by atoms with Crippen LogP contribution < -0.4 is 5.32 Å². The first-order chi connectivity index (χ1) is 10.3. The van der Waals surface area contributed by atoms with Gasteiger partial charge in [0.25, 0.3) is 5.91 Å². The molecule has 6 heteroatoms. The highest BCUT2D eigenvalue weighted by atomic mass is 16.5. The van der Waals surface area contributed by atoms with E-state index in [4.69, 9.17) is 9.63 Å². The summed E-state index contributed by atoms with van der Waals surface area (Å²) in [5, 5.41) is 15.7. The average Bonchev–Trinajstić information content (AvgIpc) is 3.17. The van der Waals surface area contributed by atoms with Crippen molar-refractivity contribution >= 4 is 5.91 Å². The number of amides is 1. The lowest BCUT2D eigenvalue weighted by Crippen LogP contribution is -2.33. The Balaban J connectivity index is 1.66. The van der Waals surface area contributed by atoms with Crippen LogP contribution in [0.4, 0.5) is 0 Å². The van der Waals surface area contributed by atoms with Crippen molar-refractivity contribution in [1.82, 2.24) is 15.5 Å². The van der Waals surface area contributed by atoms with Crippen molar-refractivity contribution in [2.45, 2.75) is 12.5 Å². The maximum absolute atomic E-state index is 12.1. The topological polar surface area (TPSA) is 88.2 Å². The van der Waals surface area contributed by atoms with Crippen LogP contribution in [0.2, 0.25) is 0 Å². The van der Waals surface area contributed by atoms with Gasteiger partial charge in [-0.1, -0.05) is 17.3 Å². The SMILES string of the molecule is O=C(N[C@@H]1C=C[C@H](CO)C1)c1cc(-c2cccnc2)on1. The number of rotatable bonds is 4. The van der Waals surface area contributed by atoms with Gasteiger partial charge in [0.15, 0.2) is 11.5 Å². The lowest BCUT2D eigenvalue weighted by Gasteiger charge is -2.11. The average molecular weight is 285 g/mol. The van der Waals surface area contributed by atoms with Crippen LogP contribution in [0.25, 0.3) is 11.3 Å². The third-order valence-corrected chi connectivity index (χ3v) is 3.41. The van der Waals surface area contributed by atoms with Gasteiger partial charge in [-0.3, -0.25) is 9.78 Å². The van der Waals surface area contributed by atoms with E-state index in [0.29, 0.717) is 12.2 Å². The minimum atomic E-state index is -0.290. The molecular formula is C15H15N3O3. The third kappa shape index (κ3) is 3.00. The number of carbonyl (C=O) groups is 1. The summed E-state index contributed by atoms with van der Waals surface area (Å²) in [4.78, 5) is 16.1. The summed E-state index contributed by atoms with van der Waals surface area (Å²) in [6.07, 6.45) is 7.82. The quantitative estimate of drug-likeness (QED) is 0.829. The molecule has 3 rings (SSSR count). The number of nitrogens with zero attached hydrogens (tertiary/aromatic N) is 2. The molecule has 0 radical (unpaired) electrons. The van der Waals surface area contributed by atoms with E-state index in [0.717, 1.165) is 5.56 Å². The molecule has 1 aliphatic carbocycles. The monoisotopic (exact) mass is 285 g/mol. The van der Waals surface area contributed by atoms with Gasteiger partial charge in [-0.2, -0.15) is 0 Å². The van der Waals surface area contributed by atoms with Crippen molar-refractivity contribution in [3.8, 4) is 11.3 Å². The Morgan fingerprint density at radius 1 is 1.48 bits per heavy atom. The Morgan fingerprint density at radius 2 is 2.38 bits per heavy atom. The van der Waals surface area contributed by atoms with Crippen molar-refractivity contribution in [3.63, 3.8) is 0 Å². The molecule has 0 aromatic carbocycles. The van der Waals surface area contributed by atoms with Crippen LogP contribution in [0.3, 0.4) is 0 Å². The van der Waals surface area contributed by atoms with Gasteiger partial charge in [-0.15, -0.1) is 0 Å². The fourth-order valence-electron chi connectivity index (χ4n) is 2.29. The summed E-state index contributed by atoms with van der Waals surface area (Å²) in [5.74, 6) is 0.323. The van der Waals surface area contributed by atoms with Crippen LogP contribution >= 0.6 is 0 Å². The van der Waals surface area contributed by atoms with Gasteiger partial charge in [0.05, 0.1) is 0 Å². The van der Waals surface area contributed by atoms with Crippen molar-refractivity contribution in [2.75, 3.05) is 6.61 Å². The maximum Gasteiger partial charge on any atom is 0.273 e. The van der Waals surface area contributed by atoms with Crippen LogP contribution in [0.5, 0.6) is 0 Å². The summed E-state index contributed by atoms with van der Waals surface area (Å²) in [6, 6.07) is 5.14. The van der Waals surface area contributed by atoms with Crippen LogP contribution in [-0.4, -0.2) is 33.8 Å². The van der Waals surface area contributed by atoms with Crippen LogP contribution in [0, 0.1) is 5.92 Å². The minimum Gasteiger partial charge on any atom is -0.396 e. The maximum atomic E-state index is 12.1. The fraction of sp³-hybridized carbons (Fsp3) is 0.267. The zero-order chi connectivity index (χ0) is 14.7. The van der Waals surface area contributed by atoms with E-state index >= 15 is 0 Å². The number of pyridine rings is 1. The largest absolute Gasteiger partial charge is 0.396 e. The van der Waals surface area contributed by atoms with Crippen molar-refractivity contribution < 1.29 is 14.4 Å². The van der Waals surface area contributed by atoms with Crippen molar-refractivity contribution in [2.24, 2.45) is 5.92 Å². The van der Waals surface area contributed by atoms with E-state index < -0.39 is 0 Å². The Kier molecular flexibility index (Phi) is 3.79. The van der Waals surface area contributed by atoms with Gasteiger partial charge >= 0.3 is 0 Å². The fourth-order valence-corrected chi connectivity index (χ4v) is 2.29. The molecule has 2 heterocycles. The molecule has 2 aromatic heterocycles. The Hall–Kier alpha value is -2.47. The van der Waals surface area contributed by atoms with E-state index in [1.807, 2.05) is 18.2 Å². The van der Waals surface area contributed by atoms with Gasteiger partial charge in [0, 0.05) is 42.6 Å². The third-order valence-electron chi connectivity index (χ3n) is 3.41. The summed E-state index contributed by atoms with van der Waals surface area (Å²) in [5.41, 5.74) is 1.000. The minimum absolute atomic E-state index is 0.0757. The highest BCUT2D eigenvalue weighted by molar-refractivity contribution is 5.93. The van der Waals surface area contributed by atoms with E-state index in [1.54, 1.807) is 24.5 Å². The molecular weight excluding hydrogens is 270 g/mol. The van der Waals surface area contributed by atoms with Gasteiger partial charge in [0.1, 0.15) is 0 Å². The lowest BCUT2D eigenvalue weighted by molar-refractivity contribution is 0.0932. The molecule has 0 unspecified atom stereocenters.